The van der Waals surface area contributed by atoms with Gasteiger partial charge in [-0.15, -0.1) is 0 Å². The highest BCUT2D eigenvalue weighted by Gasteiger charge is 2.34. The predicted molar refractivity (Wildman–Crippen MR) is 150 cm³/mol. The molecule has 0 N–H and O–H groups in total. The second-order valence-electron chi connectivity index (χ2n) is 8.90. The number of ether oxygens (including phenoxy) is 3. The number of halogens is 2. The number of hydrogen-bond donors (Lipinski definition) is 0. The van der Waals surface area contributed by atoms with E-state index in [1.807, 2.05) is 0 Å². The molecular weight excluding hydrogens is 543 g/mol. The molecule has 0 spiro atoms. The average molecular weight is 573 g/mol. The highest BCUT2D eigenvalue weighted by Crippen LogP contribution is 2.36. The second kappa shape index (κ2) is 12.6. The van der Waals surface area contributed by atoms with Crippen molar-refractivity contribution in [1.29, 1.82) is 0 Å². The van der Waals surface area contributed by atoms with Gasteiger partial charge in [0.25, 0.3) is 5.56 Å². The van der Waals surface area contributed by atoms with Crippen molar-refractivity contribution in [3.63, 3.8) is 0 Å². The van der Waals surface area contributed by atoms with Crippen molar-refractivity contribution in [2.45, 2.75) is 46.1 Å². The van der Waals surface area contributed by atoms with Gasteiger partial charge in [-0.3, -0.25) is 9.36 Å². The third-order valence-electron chi connectivity index (χ3n) is 6.30. The Hall–Kier alpha value is -3.43. The normalized spacial score (nSPS) is 15.1. The molecule has 0 saturated heterocycles. The van der Waals surface area contributed by atoms with Gasteiger partial charge in [-0.05, 0) is 56.2 Å². The van der Waals surface area contributed by atoms with Crippen molar-refractivity contribution in [3.05, 3.63) is 89.3 Å². The van der Waals surface area contributed by atoms with Crippen LogP contribution in [0.5, 0.6) is 11.5 Å². The molecule has 3 aromatic rings. The molecule has 0 radical (unpaired) electrons. The number of hydrogen-bond acceptors (Lipinski definition) is 7. The van der Waals surface area contributed by atoms with Gasteiger partial charge in [0.2, 0.25) is 0 Å². The lowest BCUT2D eigenvalue weighted by Gasteiger charge is -2.25. The smallest absolute Gasteiger partial charge is 0.338 e. The Labute approximate surface area is 234 Å². The molecule has 4 rings (SSSR count). The SMILES string of the molecule is CCCCCOc1ccc(C2C(C(=O)OCC)=C(C)N=c3s/c(=C\c4c(F)cccc4Cl)c(=O)n32)cc1OC. The number of esters is 1. The summed E-state index contributed by atoms with van der Waals surface area (Å²) in [5.74, 6) is -0.0824. The number of fused-ring (bicyclic) bond motifs is 1. The molecule has 1 atom stereocenters. The van der Waals surface area contributed by atoms with Crippen LogP contribution in [0.3, 0.4) is 0 Å². The summed E-state index contributed by atoms with van der Waals surface area (Å²) < 4.78 is 33.1. The quantitative estimate of drug-likeness (QED) is 0.247. The van der Waals surface area contributed by atoms with Gasteiger partial charge < -0.3 is 14.2 Å². The lowest BCUT2D eigenvalue weighted by molar-refractivity contribution is -0.139. The van der Waals surface area contributed by atoms with Crippen molar-refractivity contribution in [2.75, 3.05) is 20.3 Å². The predicted octanol–water partition coefficient (Wildman–Crippen LogP) is 5.17. The van der Waals surface area contributed by atoms with E-state index in [0.717, 1.165) is 30.6 Å². The molecule has 0 fully saturated rings. The van der Waals surface area contributed by atoms with E-state index in [1.54, 1.807) is 38.1 Å². The second-order valence-corrected chi connectivity index (χ2v) is 10.3. The van der Waals surface area contributed by atoms with Crippen LogP contribution >= 0.6 is 22.9 Å². The zero-order chi connectivity index (χ0) is 28.1. The van der Waals surface area contributed by atoms with Crippen molar-refractivity contribution in [2.24, 2.45) is 4.99 Å². The molecule has 1 unspecified atom stereocenters. The van der Waals surface area contributed by atoms with Gasteiger partial charge in [-0.2, -0.15) is 0 Å². The van der Waals surface area contributed by atoms with Crippen molar-refractivity contribution in [3.8, 4) is 11.5 Å². The van der Waals surface area contributed by atoms with E-state index in [-0.39, 0.29) is 27.3 Å². The maximum Gasteiger partial charge on any atom is 0.338 e. The van der Waals surface area contributed by atoms with Crippen molar-refractivity contribution < 1.29 is 23.4 Å². The van der Waals surface area contributed by atoms with Gasteiger partial charge in [-0.1, -0.05) is 54.8 Å². The van der Waals surface area contributed by atoms with Crippen LogP contribution in [0.15, 0.2) is 57.5 Å². The van der Waals surface area contributed by atoms with Gasteiger partial charge in [0, 0.05) is 5.56 Å². The number of aromatic nitrogens is 1. The first kappa shape index (κ1) is 28.6. The molecule has 1 aliphatic rings. The van der Waals surface area contributed by atoms with Crippen molar-refractivity contribution >= 4 is 35.0 Å². The molecule has 0 bridgehead atoms. The highest BCUT2D eigenvalue weighted by atomic mass is 35.5. The van der Waals surface area contributed by atoms with Crippen LogP contribution < -0.4 is 24.4 Å². The summed E-state index contributed by atoms with van der Waals surface area (Å²) in [6, 6.07) is 8.80. The number of unbranched alkanes of at least 4 members (excludes halogenated alkanes) is 2. The maximum atomic E-state index is 14.5. The van der Waals surface area contributed by atoms with Crippen LogP contribution in [0.1, 0.15) is 57.2 Å². The number of carbonyl (C=O) groups is 1. The number of thiazole rings is 1. The van der Waals surface area contributed by atoms with Gasteiger partial charge in [-0.25, -0.2) is 14.2 Å². The summed E-state index contributed by atoms with van der Waals surface area (Å²) in [4.78, 5) is 31.8. The van der Waals surface area contributed by atoms with Gasteiger partial charge in [0.1, 0.15) is 5.82 Å². The maximum absolute atomic E-state index is 14.5. The molecule has 0 saturated carbocycles. The first-order valence-corrected chi connectivity index (χ1v) is 13.9. The molecule has 1 aromatic heterocycles. The van der Waals surface area contributed by atoms with Gasteiger partial charge in [0.05, 0.1) is 47.2 Å². The molecule has 206 valence electrons. The Balaban J connectivity index is 1.88. The third-order valence-corrected chi connectivity index (χ3v) is 7.61. The number of allylic oxidation sites excluding steroid dienone is 1. The van der Waals surface area contributed by atoms with E-state index in [1.165, 1.54) is 29.9 Å². The third kappa shape index (κ3) is 5.94. The van der Waals surface area contributed by atoms with Gasteiger partial charge in [0.15, 0.2) is 16.3 Å². The topological polar surface area (TPSA) is 79.1 Å². The summed E-state index contributed by atoms with van der Waals surface area (Å²) in [5.41, 5.74) is 0.943. The number of methoxy groups -OCH3 is 1. The van der Waals surface area contributed by atoms with Crippen LogP contribution in [0.2, 0.25) is 5.02 Å². The highest BCUT2D eigenvalue weighted by molar-refractivity contribution is 7.07. The van der Waals surface area contributed by atoms with E-state index in [2.05, 4.69) is 11.9 Å². The molecule has 0 amide bonds. The largest absolute Gasteiger partial charge is 0.493 e. The minimum absolute atomic E-state index is 0.105. The fraction of sp³-hybridized carbons (Fsp3) is 0.345. The minimum atomic E-state index is -0.846. The van der Waals surface area contributed by atoms with Crippen LogP contribution in [0, 0.1) is 5.82 Å². The Morgan fingerprint density at radius 1 is 1.21 bits per heavy atom. The Kier molecular flexibility index (Phi) is 9.24. The first-order valence-electron chi connectivity index (χ1n) is 12.7. The summed E-state index contributed by atoms with van der Waals surface area (Å²) in [7, 11) is 1.54. The molecule has 7 nitrogen and oxygen atoms in total. The molecule has 1 aliphatic heterocycles. The van der Waals surface area contributed by atoms with Crippen LogP contribution in [0.25, 0.3) is 6.08 Å². The van der Waals surface area contributed by atoms with Crippen LogP contribution in [-0.2, 0) is 9.53 Å². The van der Waals surface area contributed by atoms with Gasteiger partial charge >= 0.3 is 5.97 Å². The zero-order valence-electron chi connectivity index (χ0n) is 22.3. The molecule has 0 aliphatic carbocycles. The fourth-order valence-electron chi connectivity index (χ4n) is 4.39. The van der Waals surface area contributed by atoms with Crippen LogP contribution in [0.4, 0.5) is 4.39 Å². The monoisotopic (exact) mass is 572 g/mol. The standard InChI is InChI=1S/C29H30ClFN2O5S/c1-5-7-8-14-38-22-13-12-18(15-23(22)36-4)26-25(28(35)37-6-2)17(3)32-29-33(26)27(34)24(39-29)16-19-20(30)10-9-11-21(19)31/h9-13,15-16,26H,5-8,14H2,1-4H3/b24-16-. The molecule has 2 aromatic carbocycles. The van der Waals surface area contributed by atoms with E-state index in [4.69, 9.17) is 25.8 Å². The fourth-order valence-corrected chi connectivity index (χ4v) is 5.64. The van der Waals surface area contributed by atoms with E-state index in [0.29, 0.717) is 34.2 Å². The Bertz CT molecular complexity index is 1570. The average Bonchev–Trinajstić information content (AvgIpc) is 3.22. The summed E-state index contributed by atoms with van der Waals surface area (Å²) in [6.07, 6.45) is 4.46. The lowest BCUT2D eigenvalue weighted by atomic mass is 9.95. The summed E-state index contributed by atoms with van der Waals surface area (Å²) >= 11 is 7.31. The number of nitrogens with zero attached hydrogens (tertiary/aromatic N) is 2. The molecule has 10 heteroatoms. The van der Waals surface area contributed by atoms with Crippen LogP contribution in [-0.4, -0.2) is 30.9 Å². The van der Waals surface area contributed by atoms with Crippen molar-refractivity contribution in [1.82, 2.24) is 4.57 Å². The molecular formula is C29H30ClFN2O5S. The lowest BCUT2D eigenvalue weighted by Crippen LogP contribution is -2.40. The Morgan fingerprint density at radius 3 is 2.69 bits per heavy atom. The number of rotatable bonds is 10. The number of carbonyl (C=O) groups excluding carboxylic acids is 1. The zero-order valence-corrected chi connectivity index (χ0v) is 23.8. The molecule has 2 heterocycles. The molecule has 39 heavy (non-hydrogen) atoms. The minimum Gasteiger partial charge on any atom is -0.493 e. The first-order chi connectivity index (χ1) is 18.8. The van der Waals surface area contributed by atoms with E-state index < -0.39 is 23.4 Å². The number of benzene rings is 2. The Morgan fingerprint density at radius 2 is 2.00 bits per heavy atom. The van der Waals surface area contributed by atoms with E-state index >= 15 is 0 Å². The summed E-state index contributed by atoms with van der Waals surface area (Å²) in [5, 5.41) is 0.181. The summed E-state index contributed by atoms with van der Waals surface area (Å²) in [6.45, 7) is 6.24. The van der Waals surface area contributed by atoms with E-state index in [9.17, 15) is 14.0 Å².